The van der Waals surface area contributed by atoms with E-state index in [1.807, 2.05) is 0 Å². The Labute approximate surface area is 100 Å². The molecule has 1 aromatic carbocycles. The minimum absolute atomic E-state index is 0.274. The third-order valence-electron chi connectivity index (χ3n) is 3.93. The van der Waals surface area contributed by atoms with Gasteiger partial charge in [0.05, 0.1) is 0 Å². The highest BCUT2D eigenvalue weighted by Gasteiger charge is 2.33. The lowest BCUT2D eigenvalue weighted by atomic mass is 9.79. The lowest BCUT2D eigenvalue weighted by molar-refractivity contribution is 0.522. The van der Waals surface area contributed by atoms with E-state index in [1.54, 1.807) is 16.7 Å². The molecule has 0 spiro atoms. The van der Waals surface area contributed by atoms with Gasteiger partial charge >= 0.3 is 0 Å². The Morgan fingerprint density at radius 3 is 2.31 bits per heavy atom. The van der Waals surface area contributed by atoms with Crippen molar-refractivity contribution in [2.75, 3.05) is 0 Å². The molecule has 0 aliphatic heterocycles. The van der Waals surface area contributed by atoms with E-state index in [1.165, 1.54) is 18.4 Å². The van der Waals surface area contributed by atoms with Gasteiger partial charge in [0.25, 0.3) is 0 Å². The maximum absolute atomic E-state index is 2.40. The van der Waals surface area contributed by atoms with E-state index in [-0.39, 0.29) is 5.41 Å². The Kier molecular flexibility index (Phi) is 2.45. The first-order valence-electron chi connectivity index (χ1n) is 6.36. The van der Waals surface area contributed by atoms with Crippen LogP contribution in [0.25, 0.3) is 0 Å². The summed E-state index contributed by atoms with van der Waals surface area (Å²) in [5, 5.41) is 0. The zero-order chi connectivity index (χ0) is 12.1. The van der Waals surface area contributed by atoms with Crippen LogP contribution in [-0.2, 0) is 17.3 Å². The molecule has 0 bridgehead atoms. The van der Waals surface area contributed by atoms with E-state index >= 15 is 0 Å². The molecule has 0 radical (unpaired) electrons. The van der Waals surface area contributed by atoms with Gasteiger partial charge in [0.2, 0.25) is 0 Å². The highest BCUT2D eigenvalue weighted by Crippen LogP contribution is 2.43. The van der Waals surface area contributed by atoms with Crippen LogP contribution in [0.2, 0.25) is 0 Å². The van der Waals surface area contributed by atoms with Crippen LogP contribution in [-0.4, -0.2) is 0 Å². The minimum atomic E-state index is 0.274. The molecule has 1 aliphatic carbocycles. The van der Waals surface area contributed by atoms with Gasteiger partial charge in [-0.25, -0.2) is 0 Å². The van der Waals surface area contributed by atoms with Crippen LogP contribution in [0.3, 0.4) is 0 Å². The second-order valence-corrected chi connectivity index (χ2v) is 6.97. The molecule has 0 unspecified atom stereocenters. The van der Waals surface area contributed by atoms with Crippen molar-refractivity contribution in [1.82, 2.24) is 0 Å². The van der Waals surface area contributed by atoms with Crippen molar-refractivity contribution in [1.29, 1.82) is 0 Å². The molecule has 0 heterocycles. The number of fused-ring (bicyclic) bond motifs is 1. The third kappa shape index (κ3) is 1.79. The van der Waals surface area contributed by atoms with Crippen LogP contribution in [0.5, 0.6) is 0 Å². The number of benzene rings is 1. The van der Waals surface area contributed by atoms with Crippen molar-refractivity contribution in [3.63, 3.8) is 0 Å². The molecule has 0 heteroatoms. The van der Waals surface area contributed by atoms with Crippen molar-refractivity contribution < 1.29 is 0 Å². The number of rotatable bonds is 0. The van der Waals surface area contributed by atoms with Crippen LogP contribution >= 0.6 is 0 Å². The van der Waals surface area contributed by atoms with Crippen LogP contribution in [0.4, 0.5) is 0 Å². The van der Waals surface area contributed by atoms with Gasteiger partial charge in [0, 0.05) is 0 Å². The largest absolute Gasteiger partial charge is 0.0561 e. The first kappa shape index (κ1) is 11.7. The molecule has 0 saturated heterocycles. The smallest absolute Gasteiger partial charge is 0.00975 e. The van der Waals surface area contributed by atoms with Gasteiger partial charge < -0.3 is 0 Å². The molecule has 0 nitrogen and oxygen atoms in total. The zero-order valence-electron chi connectivity index (χ0n) is 11.6. The van der Waals surface area contributed by atoms with Crippen molar-refractivity contribution in [3.05, 3.63) is 34.4 Å². The average molecular weight is 216 g/mol. The Balaban J connectivity index is 2.67. The molecular formula is C16H24. The van der Waals surface area contributed by atoms with Gasteiger partial charge in [0.1, 0.15) is 0 Å². The van der Waals surface area contributed by atoms with Crippen LogP contribution in [0, 0.1) is 6.92 Å². The second-order valence-electron chi connectivity index (χ2n) is 6.97. The van der Waals surface area contributed by atoms with Gasteiger partial charge in [-0.1, -0.05) is 52.3 Å². The molecule has 0 N–H and O–H groups in total. The summed E-state index contributed by atoms with van der Waals surface area (Å²) in [5.41, 5.74) is 6.85. The summed E-state index contributed by atoms with van der Waals surface area (Å²) in [5.74, 6) is 0. The van der Waals surface area contributed by atoms with Crippen LogP contribution in [0.15, 0.2) is 12.1 Å². The maximum atomic E-state index is 2.40. The zero-order valence-corrected chi connectivity index (χ0v) is 11.6. The number of hydrogen-bond acceptors (Lipinski definition) is 0. The quantitative estimate of drug-likeness (QED) is 0.598. The molecule has 88 valence electrons. The molecule has 0 saturated carbocycles. The van der Waals surface area contributed by atoms with Crippen molar-refractivity contribution in [2.45, 2.75) is 65.2 Å². The average Bonchev–Trinajstić information content (AvgIpc) is 2.40. The Hall–Kier alpha value is -0.780. The molecule has 2 rings (SSSR count). The van der Waals surface area contributed by atoms with E-state index < -0.39 is 0 Å². The molecular weight excluding hydrogens is 192 g/mol. The van der Waals surface area contributed by atoms with E-state index in [4.69, 9.17) is 0 Å². The minimum Gasteiger partial charge on any atom is -0.0561 e. The van der Waals surface area contributed by atoms with Crippen LogP contribution < -0.4 is 0 Å². The maximum Gasteiger partial charge on any atom is -0.00975 e. The molecule has 16 heavy (non-hydrogen) atoms. The van der Waals surface area contributed by atoms with Crippen molar-refractivity contribution >= 4 is 0 Å². The van der Waals surface area contributed by atoms with Gasteiger partial charge in [0.15, 0.2) is 0 Å². The summed E-state index contributed by atoms with van der Waals surface area (Å²) in [6.07, 6.45) is 2.56. The predicted octanol–water partition coefficient (Wildman–Crippen LogP) is 4.52. The van der Waals surface area contributed by atoms with Gasteiger partial charge in [-0.15, -0.1) is 0 Å². The molecule has 0 fully saturated rings. The van der Waals surface area contributed by atoms with Crippen LogP contribution in [0.1, 0.15) is 63.3 Å². The highest BCUT2D eigenvalue weighted by atomic mass is 14.4. The normalized spacial score (nSPS) is 18.6. The highest BCUT2D eigenvalue weighted by molar-refractivity contribution is 5.48. The summed E-state index contributed by atoms with van der Waals surface area (Å²) in [6, 6.07) is 4.79. The standard InChI is InChI=1S/C16H24/c1-11-9-13(15(2,3)4)12-7-8-16(5,6)14(12)10-11/h9-10H,7-8H2,1-6H3. The van der Waals surface area contributed by atoms with Crippen molar-refractivity contribution in [2.24, 2.45) is 0 Å². The van der Waals surface area contributed by atoms with Crippen molar-refractivity contribution in [3.8, 4) is 0 Å². The predicted molar refractivity (Wildman–Crippen MR) is 71.2 cm³/mol. The number of aryl methyl sites for hydroxylation is 1. The van der Waals surface area contributed by atoms with E-state index in [2.05, 4.69) is 53.7 Å². The number of hydrogen-bond donors (Lipinski definition) is 0. The van der Waals surface area contributed by atoms with Gasteiger partial charge in [-0.05, 0) is 47.3 Å². The molecule has 1 aliphatic rings. The SMILES string of the molecule is Cc1cc(C(C)(C)C)c2c(c1)C(C)(C)CC2. The third-order valence-corrected chi connectivity index (χ3v) is 3.93. The van der Waals surface area contributed by atoms with Gasteiger partial charge in [-0.3, -0.25) is 0 Å². The van der Waals surface area contributed by atoms with Gasteiger partial charge in [-0.2, -0.15) is 0 Å². The molecule has 0 atom stereocenters. The first-order chi connectivity index (χ1) is 7.22. The molecule has 0 aromatic heterocycles. The topological polar surface area (TPSA) is 0 Å². The first-order valence-corrected chi connectivity index (χ1v) is 6.36. The molecule has 1 aromatic rings. The summed E-state index contributed by atoms with van der Waals surface area (Å²) in [6.45, 7) is 14.0. The van der Waals surface area contributed by atoms with E-state index in [0.717, 1.165) is 0 Å². The Morgan fingerprint density at radius 2 is 1.75 bits per heavy atom. The van der Waals surface area contributed by atoms with E-state index in [0.29, 0.717) is 5.41 Å². The summed E-state index contributed by atoms with van der Waals surface area (Å²) in [4.78, 5) is 0. The fraction of sp³-hybridized carbons (Fsp3) is 0.625. The lowest BCUT2D eigenvalue weighted by Gasteiger charge is -2.26. The fourth-order valence-electron chi connectivity index (χ4n) is 2.93. The van der Waals surface area contributed by atoms with E-state index in [9.17, 15) is 0 Å². The lowest BCUT2D eigenvalue weighted by Crippen LogP contribution is -2.17. The second kappa shape index (κ2) is 3.35. The molecule has 0 amide bonds. The summed E-state index contributed by atoms with van der Waals surface area (Å²) >= 11 is 0. The monoisotopic (exact) mass is 216 g/mol. The Morgan fingerprint density at radius 1 is 1.12 bits per heavy atom. The summed E-state index contributed by atoms with van der Waals surface area (Å²) < 4.78 is 0. The summed E-state index contributed by atoms with van der Waals surface area (Å²) in [7, 11) is 0. The Bertz CT molecular complexity index is 416. The fourth-order valence-corrected chi connectivity index (χ4v) is 2.93.